The third kappa shape index (κ3) is 3.57. The van der Waals surface area contributed by atoms with Gasteiger partial charge in [-0.1, -0.05) is 17.7 Å². The second-order valence-corrected chi connectivity index (χ2v) is 4.04. The lowest BCUT2D eigenvalue weighted by Crippen LogP contribution is -2.04. The molecule has 3 nitrogen and oxygen atoms in total. The molecule has 78 valence electrons. The van der Waals surface area contributed by atoms with Crippen molar-refractivity contribution in [3.8, 4) is 0 Å². The SMILES string of the molecule is COCCO[S@](=O)c1ccc(C)cc1. The second-order valence-electron chi connectivity index (χ2n) is 2.86. The van der Waals surface area contributed by atoms with E-state index in [0.29, 0.717) is 18.1 Å². The van der Waals surface area contributed by atoms with E-state index < -0.39 is 11.1 Å². The summed E-state index contributed by atoms with van der Waals surface area (Å²) in [7, 11) is 1.58. The monoisotopic (exact) mass is 214 g/mol. The summed E-state index contributed by atoms with van der Waals surface area (Å²) >= 11 is -1.37. The summed E-state index contributed by atoms with van der Waals surface area (Å²) in [5.41, 5.74) is 1.14. The average Bonchev–Trinajstić information content (AvgIpc) is 2.19. The standard InChI is InChI=1S/C10H14O3S/c1-9-3-5-10(6-4-9)14(11)13-8-7-12-2/h3-6H,7-8H2,1-2H3/t14-/m0/s1. The molecule has 0 unspecified atom stereocenters. The molecule has 1 rings (SSSR count). The molecule has 0 N–H and O–H groups in total. The highest BCUT2D eigenvalue weighted by Gasteiger charge is 2.02. The lowest BCUT2D eigenvalue weighted by Gasteiger charge is -2.02. The van der Waals surface area contributed by atoms with Crippen LogP contribution in [0, 0.1) is 6.92 Å². The normalized spacial score (nSPS) is 12.7. The molecule has 0 amide bonds. The van der Waals surface area contributed by atoms with Crippen molar-refractivity contribution in [2.24, 2.45) is 0 Å². The van der Waals surface area contributed by atoms with E-state index in [2.05, 4.69) is 0 Å². The highest BCUT2D eigenvalue weighted by atomic mass is 32.2. The molecule has 0 saturated heterocycles. The van der Waals surface area contributed by atoms with E-state index >= 15 is 0 Å². The van der Waals surface area contributed by atoms with Crippen LogP contribution >= 0.6 is 0 Å². The molecule has 0 radical (unpaired) electrons. The number of methoxy groups -OCH3 is 1. The van der Waals surface area contributed by atoms with Gasteiger partial charge >= 0.3 is 0 Å². The maximum absolute atomic E-state index is 11.5. The highest BCUT2D eigenvalue weighted by Crippen LogP contribution is 2.08. The zero-order valence-corrected chi connectivity index (χ0v) is 9.17. The summed E-state index contributed by atoms with van der Waals surface area (Å²) < 4.78 is 21.3. The predicted molar refractivity (Wildman–Crippen MR) is 55.4 cm³/mol. The Morgan fingerprint density at radius 1 is 1.21 bits per heavy atom. The van der Waals surface area contributed by atoms with Crippen molar-refractivity contribution in [1.82, 2.24) is 0 Å². The van der Waals surface area contributed by atoms with E-state index in [-0.39, 0.29) is 0 Å². The van der Waals surface area contributed by atoms with Gasteiger partial charge in [-0.2, -0.15) is 0 Å². The van der Waals surface area contributed by atoms with Crippen LogP contribution in [0.1, 0.15) is 5.56 Å². The van der Waals surface area contributed by atoms with Gasteiger partial charge in [-0.05, 0) is 19.1 Å². The lowest BCUT2D eigenvalue weighted by molar-refractivity contribution is 0.153. The maximum Gasteiger partial charge on any atom is 0.189 e. The van der Waals surface area contributed by atoms with Gasteiger partial charge < -0.3 is 4.74 Å². The van der Waals surface area contributed by atoms with E-state index in [1.165, 1.54) is 0 Å². The number of rotatable bonds is 5. The zero-order valence-electron chi connectivity index (χ0n) is 8.36. The van der Waals surface area contributed by atoms with E-state index in [0.717, 1.165) is 5.56 Å². The molecule has 14 heavy (non-hydrogen) atoms. The Morgan fingerprint density at radius 2 is 1.86 bits per heavy atom. The molecule has 0 aliphatic heterocycles. The smallest absolute Gasteiger partial charge is 0.189 e. The van der Waals surface area contributed by atoms with Gasteiger partial charge in [-0.25, -0.2) is 4.21 Å². The lowest BCUT2D eigenvalue weighted by atomic mass is 10.2. The Morgan fingerprint density at radius 3 is 2.43 bits per heavy atom. The minimum absolute atomic E-state index is 0.344. The quantitative estimate of drug-likeness (QED) is 0.700. The van der Waals surface area contributed by atoms with Crippen LogP contribution in [0.2, 0.25) is 0 Å². The van der Waals surface area contributed by atoms with Crippen molar-refractivity contribution in [1.29, 1.82) is 0 Å². The summed E-state index contributed by atoms with van der Waals surface area (Å²) in [6.07, 6.45) is 0. The van der Waals surface area contributed by atoms with Crippen LogP contribution in [0.15, 0.2) is 29.2 Å². The second kappa shape index (κ2) is 5.90. The van der Waals surface area contributed by atoms with Crippen molar-refractivity contribution < 1.29 is 13.1 Å². The molecule has 0 spiro atoms. The number of ether oxygens (including phenoxy) is 1. The Labute approximate surface area is 86.7 Å². The predicted octanol–water partition coefficient (Wildman–Crippen LogP) is 1.68. The van der Waals surface area contributed by atoms with Crippen LogP contribution in [0.4, 0.5) is 0 Å². The molecular formula is C10H14O3S. The number of hydrogen-bond acceptors (Lipinski definition) is 3. The topological polar surface area (TPSA) is 35.5 Å². The Kier molecular flexibility index (Phi) is 4.79. The molecular weight excluding hydrogens is 200 g/mol. The molecule has 0 aromatic heterocycles. The van der Waals surface area contributed by atoms with Gasteiger partial charge in [-0.15, -0.1) is 0 Å². The van der Waals surface area contributed by atoms with Gasteiger partial charge in [0.1, 0.15) is 0 Å². The van der Waals surface area contributed by atoms with Gasteiger partial charge in [-0.3, -0.25) is 4.18 Å². The molecule has 0 saturated carbocycles. The van der Waals surface area contributed by atoms with Crippen molar-refractivity contribution in [2.45, 2.75) is 11.8 Å². The third-order valence-electron chi connectivity index (χ3n) is 1.69. The molecule has 0 bridgehead atoms. The van der Waals surface area contributed by atoms with E-state index in [1.54, 1.807) is 19.2 Å². The van der Waals surface area contributed by atoms with Gasteiger partial charge in [0.15, 0.2) is 11.1 Å². The molecule has 4 heteroatoms. The molecule has 1 atom stereocenters. The largest absolute Gasteiger partial charge is 0.382 e. The fourth-order valence-corrected chi connectivity index (χ4v) is 1.62. The maximum atomic E-state index is 11.5. The van der Waals surface area contributed by atoms with Crippen molar-refractivity contribution in [3.05, 3.63) is 29.8 Å². The fourth-order valence-electron chi connectivity index (χ4n) is 0.910. The van der Waals surface area contributed by atoms with E-state index in [1.807, 2.05) is 19.1 Å². The minimum Gasteiger partial charge on any atom is -0.382 e. The Hall–Kier alpha value is -0.710. The Bertz CT molecular complexity index is 295. The fraction of sp³-hybridized carbons (Fsp3) is 0.400. The first-order valence-corrected chi connectivity index (χ1v) is 5.42. The van der Waals surface area contributed by atoms with E-state index in [9.17, 15) is 4.21 Å². The van der Waals surface area contributed by atoms with Gasteiger partial charge in [0, 0.05) is 7.11 Å². The molecule has 0 aliphatic carbocycles. The number of benzene rings is 1. The van der Waals surface area contributed by atoms with Gasteiger partial charge in [0.05, 0.1) is 18.1 Å². The summed E-state index contributed by atoms with van der Waals surface area (Å²) in [5, 5.41) is 0. The van der Waals surface area contributed by atoms with E-state index in [4.69, 9.17) is 8.92 Å². The van der Waals surface area contributed by atoms with Crippen molar-refractivity contribution in [2.75, 3.05) is 20.3 Å². The molecule has 0 aliphatic rings. The number of hydrogen-bond donors (Lipinski definition) is 0. The van der Waals surface area contributed by atoms with Crippen LogP contribution in [-0.2, 0) is 20.0 Å². The summed E-state index contributed by atoms with van der Waals surface area (Å²) in [6.45, 7) is 2.78. The van der Waals surface area contributed by atoms with Gasteiger partial charge in [0.2, 0.25) is 0 Å². The molecule has 0 fully saturated rings. The summed E-state index contributed by atoms with van der Waals surface area (Å²) in [6, 6.07) is 7.43. The molecule has 1 aromatic carbocycles. The first-order chi connectivity index (χ1) is 6.74. The minimum atomic E-state index is -1.37. The average molecular weight is 214 g/mol. The third-order valence-corrected chi connectivity index (χ3v) is 2.73. The van der Waals surface area contributed by atoms with Crippen LogP contribution < -0.4 is 0 Å². The molecule has 0 heterocycles. The highest BCUT2D eigenvalue weighted by molar-refractivity contribution is 7.80. The number of aryl methyl sites for hydroxylation is 1. The van der Waals surface area contributed by atoms with Crippen LogP contribution in [-0.4, -0.2) is 24.5 Å². The molecule has 1 aromatic rings. The first kappa shape index (κ1) is 11.4. The Balaban J connectivity index is 2.48. The van der Waals surface area contributed by atoms with Crippen LogP contribution in [0.25, 0.3) is 0 Å². The first-order valence-electron chi connectivity index (χ1n) is 4.34. The van der Waals surface area contributed by atoms with Gasteiger partial charge in [0.25, 0.3) is 0 Å². The van der Waals surface area contributed by atoms with Crippen molar-refractivity contribution in [3.63, 3.8) is 0 Å². The van der Waals surface area contributed by atoms with Crippen molar-refractivity contribution >= 4 is 11.1 Å². The van der Waals surface area contributed by atoms with Crippen LogP contribution in [0.5, 0.6) is 0 Å². The van der Waals surface area contributed by atoms with Crippen LogP contribution in [0.3, 0.4) is 0 Å². The summed E-state index contributed by atoms with van der Waals surface area (Å²) in [4.78, 5) is 0.687. The zero-order chi connectivity index (χ0) is 10.4. The summed E-state index contributed by atoms with van der Waals surface area (Å²) in [5.74, 6) is 0.